The van der Waals surface area contributed by atoms with Crippen molar-refractivity contribution in [2.75, 3.05) is 18.0 Å². The van der Waals surface area contributed by atoms with Crippen molar-refractivity contribution in [2.24, 2.45) is 4.99 Å². The Hall–Kier alpha value is -2.53. The first-order valence-corrected chi connectivity index (χ1v) is 12.4. The zero-order valence-corrected chi connectivity index (χ0v) is 20.6. The van der Waals surface area contributed by atoms with Gasteiger partial charge in [-0.2, -0.15) is 0 Å². The number of amidine groups is 1. The van der Waals surface area contributed by atoms with Gasteiger partial charge in [-0.25, -0.2) is 4.99 Å². The summed E-state index contributed by atoms with van der Waals surface area (Å²) < 4.78 is 0. The van der Waals surface area contributed by atoms with Gasteiger partial charge in [0.25, 0.3) is 5.91 Å². The van der Waals surface area contributed by atoms with Crippen LogP contribution in [-0.2, 0) is 4.79 Å². The van der Waals surface area contributed by atoms with E-state index in [1.807, 2.05) is 41.3 Å². The molecule has 5 heteroatoms. The average Bonchev–Trinajstić information content (AvgIpc) is 3.03. The number of hydrogen-bond donors (Lipinski definition) is 0. The molecule has 0 aromatic heterocycles. The minimum absolute atomic E-state index is 0.0496. The highest BCUT2D eigenvalue weighted by atomic mass is 32.2. The molecule has 2 aromatic rings. The van der Waals surface area contributed by atoms with Crippen LogP contribution in [0.25, 0.3) is 6.08 Å². The first-order valence-electron chi connectivity index (χ1n) is 11.6. The van der Waals surface area contributed by atoms with E-state index in [1.54, 1.807) is 0 Å². The van der Waals surface area contributed by atoms with Crippen LogP contribution in [0, 0.1) is 0 Å². The van der Waals surface area contributed by atoms with Gasteiger partial charge in [0, 0.05) is 24.3 Å². The fourth-order valence-corrected chi connectivity index (χ4v) is 6.00. The minimum atomic E-state index is 0.0496. The molecule has 1 amide bonds. The number of anilines is 1. The molecule has 2 aliphatic rings. The van der Waals surface area contributed by atoms with Crippen LogP contribution >= 0.6 is 11.8 Å². The molecular weight excluding hydrogens is 414 g/mol. The molecule has 0 radical (unpaired) electrons. The molecule has 0 saturated carbocycles. The molecule has 1 atom stereocenters. The largest absolute Gasteiger partial charge is 0.366 e. The predicted molar refractivity (Wildman–Crippen MR) is 138 cm³/mol. The van der Waals surface area contributed by atoms with Crippen molar-refractivity contribution in [1.29, 1.82) is 0 Å². The Bertz CT molecular complexity index is 1060. The molecule has 0 N–H and O–H groups in total. The summed E-state index contributed by atoms with van der Waals surface area (Å²) in [6.07, 6.45) is 4.05. The van der Waals surface area contributed by atoms with Gasteiger partial charge in [-0.3, -0.25) is 9.69 Å². The average molecular weight is 448 g/mol. The number of nitrogens with zero attached hydrogens (tertiary/aromatic N) is 3. The Morgan fingerprint density at radius 2 is 1.91 bits per heavy atom. The van der Waals surface area contributed by atoms with Crippen molar-refractivity contribution in [3.8, 4) is 0 Å². The van der Waals surface area contributed by atoms with Crippen LogP contribution in [0.4, 0.5) is 11.4 Å². The molecule has 168 valence electrons. The zero-order chi connectivity index (χ0) is 22.9. The SMILES string of the molecule is CCCN1C(=O)/C(=C\c2ccc3c(c2)C(C)CC(C)(C)N3CC)SC1=Nc1ccccc1. The Kier molecular flexibility index (Phi) is 6.47. The summed E-state index contributed by atoms with van der Waals surface area (Å²) in [7, 11) is 0. The quantitative estimate of drug-likeness (QED) is 0.472. The second kappa shape index (κ2) is 9.14. The highest BCUT2D eigenvalue weighted by Gasteiger charge is 2.36. The van der Waals surface area contributed by atoms with E-state index in [9.17, 15) is 4.79 Å². The summed E-state index contributed by atoms with van der Waals surface area (Å²) in [5, 5.41) is 0.763. The highest BCUT2D eigenvalue weighted by molar-refractivity contribution is 8.18. The third kappa shape index (κ3) is 4.36. The molecule has 1 saturated heterocycles. The molecule has 4 nitrogen and oxygen atoms in total. The summed E-state index contributed by atoms with van der Waals surface area (Å²) in [6.45, 7) is 13.0. The monoisotopic (exact) mass is 447 g/mol. The van der Waals surface area contributed by atoms with E-state index in [-0.39, 0.29) is 11.4 Å². The number of para-hydroxylation sites is 1. The lowest BCUT2D eigenvalue weighted by molar-refractivity contribution is -0.122. The van der Waals surface area contributed by atoms with Gasteiger partial charge >= 0.3 is 0 Å². The fraction of sp³-hybridized carbons (Fsp3) is 0.407. The highest BCUT2D eigenvalue weighted by Crippen LogP contribution is 2.44. The number of carbonyl (C=O) groups is 1. The smallest absolute Gasteiger partial charge is 0.266 e. The van der Waals surface area contributed by atoms with Crippen LogP contribution in [0.2, 0.25) is 0 Å². The summed E-state index contributed by atoms with van der Waals surface area (Å²) in [5.41, 5.74) is 4.80. The molecule has 4 rings (SSSR count). The topological polar surface area (TPSA) is 35.9 Å². The minimum Gasteiger partial charge on any atom is -0.366 e. The summed E-state index contributed by atoms with van der Waals surface area (Å²) in [5.74, 6) is 0.536. The normalized spacial score (nSPS) is 22.7. The van der Waals surface area contributed by atoms with Gasteiger partial charge in [-0.05, 0) is 92.8 Å². The van der Waals surface area contributed by atoms with Crippen molar-refractivity contribution >= 4 is 40.3 Å². The summed E-state index contributed by atoms with van der Waals surface area (Å²) >= 11 is 1.48. The number of thioether (sulfide) groups is 1. The summed E-state index contributed by atoms with van der Waals surface area (Å²) in [4.78, 5) is 23.0. The first kappa shape index (κ1) is 22.7. The van der Waals surface area contributed by atoms with Gasteiger partial charge in [-0.15, -0.1) is 0 Å². The number of aliphatic imine (C=N–C) groups is 1. The number of amides is 1. The van der Waals surface area contributed by atoms with E-state index in [0.717, 1.165) is 40.7 Å². The third-order valence-corrected chi connectivity index (χ3v) is 7.35. The lowest BCUT2D eigenvalue weighted by Crippen LogP contribution is -2.48. The van der Waals surface area contributed by atoms with E-state index in [0.29, 0.717) is 12.5 Å². The number of rotatable bonds is 5. The van der Waals surface area contributed by atoms with Crippen LogP contribution in [-0.4, -0.2) is 34.6 Å². The predicted octanol–water partition coefficient (Wildman–Crippen LogP) is 6.81. The van der Waals surface area contributed by atoms with Crippen molar-refractivity contribution in [2.45, 2.75) is 58.9 Å². The van der Waals surface area contributed by atoms with Gasteiger partial charge in [0.2, 0.25) is 0 Å². The van der Waals surface area contributed by atoms with Crippen molar-refractivity contribution in [1.82, 2.24) is 4.90 Å². The molecule has 32 heavy (non-hydrogen) atoms. The van der Waals surface area contributed by atoms with Crippen LogP contribution in [0.1, 0.15) is 64.5 Å². The summed E-state index contributed by atoms with van der Waals surface area (Å²) in [6, 6.07) is 16.5. The van der Waals surface area contributed by atoms with E-state index in [1.165, 1.54) is 23.0 Å². The lowest BCUT2D eigenvalue weighted by atomic mass is 9.79. The van der Waals surface area contributed by atoms with E-state index in [4.69, 9.17) is 4.99 Å². The number of hydrogen-bond acceptors (Lipinski definition) is 4. The molecule has 0 spiro atoms. The third-order valence-electron chi connectivity index (χ3n) is 6.34. The number of fused-ring (bicyclic) bond motifs is 1. The van der Waals surface area contributed by atoms with Gasteiger partial charge < -0.3 is 4.90 Å². The van der Waals surface area contributed by atoms with Gasteiger partial charge in [0.05, 0.1) is 10.6 Å². The van der Waals surface area contributed by atoms with Crippen molar-refractivity contribution in [3.63, 3.8) is 0 Å². The maximum absolute atomic E-state index is 13.2. The molecule has 0 aliphatic carbocycles. The molecule has 0 bridgehead atoms. The van der Waals surface area contributed by atoms with Crippen LogP contribution < -0.4 is 4.90 Å². The van der Waals surface area contributed by atoms with Crippen LogP contribution in [0.15, 0.2) is 58.4 Å². The first-order chi connectivity index (χ1) is 15.3. The maximum atomic E-state index is 13.2. The molecule has 2 aliphatic heterocycles. The lowest BCUT2D eigenvalue weighted by Gasteiger charge is -2.47. The van der Waals surface area contributed by atoms with Crippen LogP contribution in [0.5, 0.6) is 0 Å². The second-order valence-corrected chi connectivity index (χ2v) is 10.3. The fourth-order valence-electron chi connectivity index (χ4n) is 4.97. The molecular formula is C27H33N3OS. The van der Waals surface area contributed by atoms with E-state index in [2.05, 4.69) is 57.7 Å². The van der Waals surface area contributed by atoms with Gasteiger partial charge in [0.15, 0.2) is 5.17 Å². The Balaban J connectivity index is 1.67. The van der Waals surface area contributed by atoms with E-state index < -0.39 is 0 Å². The standard InChI is InChI=1S/C27H33N3OS/c1-6-15-29-25(31)24(32-26(29)28-21-11-9-8-10-12-21)17-20-13-14-23-22(16-20)19(3)18-27(4,5)30(23)7-2/h8-14,16-17,19H,6-7,15,18H2,1-5H3/b24-17+,28-26?. The zero-order valence-electron chi connectivity index (χ0n) is 19.8. The molecule has 1 unspecified atom stereocenters. The Labute approximate surface area is 196 Å². The molecule has 2 aromatic carbocycles. The second-order valence-electron chi connectivity index (χ2n) is 9.28. The van der Waals surface area contributed by atoms with Gasteiger partial charge in [0.1, 0.15) is 0 Å². The van der Waals surface area contributed by atoms with Crippen LogP contribution in [0.3, 0.4) is 0 Å². The number of benzene rings is 2. The molecule has 1 fully saturated rings. The Morgan fingerprint density at radius 1 is 1.16 bits per heavy atom. The van der Waals surface area contributed by atoms with Gasteiger partial charge in [-0.1, -0.05) is 38.1 Å². The maximum Gasteiger partial charge on any atom is 0.266 e. The Morgan fingerprint density at radius 3 is 2.59 bits per heavy atom. The van der Waals surface area contributed by atoms with Crippen molar-refractivity contribution < 1.29 is 4.79 Å². The molecule has 2 heterocycles. The number of carbonyl (C=O) groups excluding carboxylic acids is 1. The van der Waals surface area contributed by atoms with Crippen molar-refractivity contribution in [3.05, 3.63) is 64.6 Å². The van der Waals surface area contributed by atoms with E-state index >= 15 is 0 Å².